The minimum absolute atomic E-state index is 0.00769. The van der Waals surface area contributed by atoms with Gasteiger partial charge in [-0.2, -0.15) is 0 Å². The number of aryl methyl sites for hydroxylation is 3. The Kier molecular flexibility index (Phi) is 4.34. The smallest absolute Gasteiger partial charge is 0.244 e. The van der Waals surface area contributed by atoms with E-state index >= 15 is 0 Å². The molecule has 0 aliphatic carbocycles. The molecule has 6 nitrogen and oxygen atoms in total. The number of hydrogen-bond acceptors (Lipinski definition) is 5. The topological polar surface area (TPSA) is 81.4 Å². The van der Waals surface area contributed by atoms with Crippen LogP contribution in [0.15, 0.2) is 27.6 Å². The van der Waals surface area contributed by atoms with Gasteiger partial charge in [-0.1, -0.05) is 0 Å². The quantitative estimate of drug-likeness (QED) is 0.914. The summed E-state index contributed by atoms with van der Waals surface area (Å²) in [5.74, 6) is 1.26. The van der Waals surface area contributed by atoms with E-state index in [4.69, 9.17) is 9.15 Å². The molecule has 0 spiro atoms. The molecule has 0 fully saturated rings. The summed E-state index contributed by atoms with van der Waals surface area (Å²) >= 11 is 0. The zero-order chi connectivity index (χ0) is 15.6. The number of rotatable bonds is 5. The van der Waals surface area contributed by atoms with E-state index in [1.54, 1.807) is 25.3 Å². The molecule has 0 aliphatic heterocycles. The molecular weight excluding hydrogens is 292 g/mol. The highest BCUT2D eigenvalue weighted by Crippen LogP contribution is 2.27. The molecule has 114 valence electrons. The first-order valence-electron chi connectivity index (χ1n) is 6.39. The summed E-state index contributed by atoms with van der Waals surface area (Å²) in [4.78, 5) is 4.07. The fourth-order valence-corrected chi connectivity index (χ4v) is 3.06. The molecule has 2 aromatic rings. The zero-order valence-electron chi connectivity index (χ0n) is 12.4. The van der Waals surface area contributed by atoms with Crippen LogP contribution < -0.4 is 9.46 Å². The lowest BCUT2D eigenvalue weighted by atomic mass is 10.1. The van der Waals surface area contributed by atoms with E-state index in [1.165, 1.54) is 7.11 Å². The zero-order valence-corrected chi connectivity index (χ0v) is 13.2. The maximum atomic E-state index is 12.4. The maximum Gasteiger partial charge on any atom is 0.244 e. The van der Waals surface area contributed by atoms with Crippen LogP contribution >= 0.6 is 0 Å². The fraction of sp³-hybridized carbons (Fsp3) is 0.357. The van der Waals surface area contributed by atoms with Gasteiger partial charge in [-0.3, -0.25) is 0 Å². The van der Waals surface area contributed by atoms with E-state index < -0.39 is 10.0 Å². The summed E-state index contributed by atoms with van der Waals surface area (Å²) in [7, 11) is -2.26. The van der Waals surface area contributed by atoms with Crippen LogP contribution in [-0.4, -0.2) is 20.5 Å². The van der Waals surface area contributed by atoms with Crippen LogP contribution in [0.3, 0.4) is 0 Å². The van der Waals surface area contributed by atoms with Crippen molar-refractivity contribution < 1.29 is 17.6 Å². The lowest BCUT2D eigenvalue weighted by Gasteiger charge is -2.12. The summed E-state index contributed by atoms with van der Waals surface area (Å²) in [6.45, 7) is 5.49. The number of aromatic nitrogens is 1. The van der Waals surface area contributed by atoms with Crippen LogP contribution in [0.1, 0.15) is 22.8 Å². The van der Waals surface area contributed by atoms with Gasteiger partial charge in [-0.15, -0.1) is 0 Å². The molecule has 1 heterocycles. The summed E-state index contributed by atoms with van der Waals surface area (Å²) in [6.07, 6.45) is 1.54. The van der Waals surface area contributed by atoms with Crippen molar-refractivity contribution in [3.8, 4) is 5.75 Å². The average Bonchev–Trinajstić information content (AvgIpc) is 2.85. The largest absolute Gasteiger partial charge is 0.495 e. The Morgan fingerprint density at radius 1 is 1.24 bits per heavy atom. The van der Waals surface area contributed by atoms with E-state index in [1.807, 2.05) is 13.8 Å². The average molecular weight is 310 g/mol. The van der Waals surface area contributed by atoms with Gasteiger partial charge in [0.2, 0.25) is 15.9 Å². The number of oxazole rings is 1. The maximum absolute atomic E-state index is 12.4. The Balaban J connectivity index is 2.28. The normalized spacial score (nSPS) is 11.6. The standard InChI is InChI=1S/C14H18N2O4S/c1-9-5-12(19-4)13(6-10(9)2)21(17,18)16-8-14-15-7-11(3)20-14/h5-7,16H,8H2,1-4H3. The number of nitrogens with zero attached hydrogens (tertiary/aromatic N) is 1. The van der Waals surface area contributed by atoms with E-state index in [2.05, 4.69) is 9.71 Å². The third kappa shape index (κ3) is 3.43. The van der Waals surface area contributed by atoms with Crippen LogP contribution in [0.2, 0.25) is 0 Å². The molecule has 0 saturated heterocycles. The van der Waals surface area contributed by atoms with Gasteiger partial charge in [0.25, 0.3) is 0 Å². The molecular formula is C14H18N2O4S. The summed E-state index contributed by atoms with van der Waals surface area (Å²) in [5.41, 5.74) is 1.84. The molecule has 0 unspecified atom stereocenters. The second-order valence-corrected chi connectivity index (χ2v) is 6.51. The minimum atomic E-state index is -3.71. The Bertz CT molecular complexity index is 750. The van der Waals surface area contributed by atoms with Crippen molar-refractivity contribution in [1.82, 2.24) is 9.71 Å². The number of methoxy groups -OCH3 is 1. The number of sulfonamides is 1. The van der Waals surface area contributed by atoms with Gasteiger partial charge in [0.05, 0.1) is 19.9 Å². The van der Waals surface area contributed by atoms with Crippen molar-refractivity contribution in [2.24, 2.45) is 0 Å². The van der Waals surface area contributed by atoms with Crippen molar-refractivity contribution in [3.63, 3.8) is 0 Å². The van der Waals surface area contributed by atoms with Crippen molar-refractivity contribution in [1.29, 1.82) is 0 Å². The second kappa shape index (κ2) is 5.87. The Morgan fingerprint density at radius 3 is 2.48 bits per heavy atom. The Hall–Kier alpha value is -1.86. The molecule has 0 atom stereocenters. The van der Waals surface area contributed by atoms with Gasteiger partial charge < -0.3 is 9.15 Å². The lowest BCUT2D eigenvalue weighted by Crippen LogP contribution is -2.24. The van der Waals surface area contributed by atoms with Gasteiger partial charge >= 0.3 is 0 Å². The number of benzene rings is 1. The van der Waals surface area contributed by atoms with Gasteiger partial charge in [0.1, 0.15) is 16.4 Å². The van der Waals surface area contributed by atoms with Crippen LogP contribution in [0, 0.1) is 20.8 Å². The minimum Gasteiger partial charge on any atom is -0.495 e. The Morgan fingerprint density at radius 2 is 1.90 bits per heavy atom. The number of nitrogens with one attached hydrogen (secondary N) is 1. The molecule has 0 amide bonds. The van der Waals surface area contributed by atoms with E-state index in [-0.39, 0.29) is 11.4 Å². The molecule has 1 aromatic carbocycles. The molecule has 0 aliphatic rings. The second-order valence-electron chi connectivity index (χ2n) is 4.78. The SMILES string of the molecule is COc1cc(C)c(C)cc1S(=O)(=O)NCc1ncc(C)o1. The molecule has 2 rings (SSSR count). The van der Waals surface area contributed by atoms with Crippen molar-refractivity contribution in [2.75, 3.05) is 7.11 Å². The molecule has 0 bridgehead atoms. The van der Waals surface area contributed by atoms with E-state index in [0.717, 1.165) is 11.1 Å². The third-order valence-corrected chi connectivity index (χ3v) is 4.57. The van der Waals surface area contributed by atoms with Crippen molar-refractivity contribution in [2.45, 2.75) is 32.2 Å². The van der Waals surface area contributed by atoms with E-state index in [0.29, 0.717) is 17.4 Å². The highest BCUT2D eigenvalue weighted by molar-refractivity contribution is 7.89. The summed E-state index contributed by atoms with van der Waals surface area (Å²) in [5, 5.41) is 0. The third-order valence-electron chi connectivity index (χ3n) is 3.15. The van der Waals surface area contributed by atoms with Crippen LogP contribution in [0.4, 0.5) is 0 Å². The summed E-state index contributed by atoms with van der Waals surface area (Å²) < 4.78 is 37.7. The lowest BCUT2D eigenvalue weighted by molar-refractivity contribution is 0.401. The van der Waals surface area contributed by atoms with Gasteiger partial charge in [-0.05, 0) is 44.0 Å². The molecule has 1 aromatic heterocycles. The van der Waals surface area contributed by atoms with Crippen molar-refractivity contribution >= 4 is 10.0 Å². The van der Waals surface area contributed by atoms with Crippen LogP contribution in [0.25, 0.3) is 0 Å². The van der Waals surface area contributed by atoms with Gasteiger partial charge in [0.15, 0.2) is 0 Å². The first-order valence-corrected chi connectivity index (χ1v) is 7.88. The van der Waals surface area contributed by atoms with Crippen LogP contribution in [0.5, 0.6) is 5.75 Å². The first kappa shape index (κ1) is 15.5. The van der Waals surface area contributed by atoms with Gasteiger partial charge in [0, 0.05) is 0 Å². The predicted molar refractivity (Wildman–Crippen MR) is 77.7 cm³/mol. The van der Waals surface area contributed by atoms with Crippen molar-refractivity contribution in [3.05, 3.63) is 41.1 Å². The highest BCUT2D eigenvalue weighted by atomic mass is 32.2. The molecule has 1 N–H and O–H groups in total. The highest BCUT2D eigenvalue weighted by Gasteiger charge is 2.21. The fourth-order valence-electron chi connectivity index (χ4n) is 1.85. The summed E-state index contributed by atoms with van der Waals surface area (Å²) in [6, 6.07) is 3.30. The predicted octanol–water partition coefficient (Wildman–Crippen LogP) is 2.09. The number of ether oxygens (including phenoxy) is 1. The van der Waals surface area contributed by atoms with Gasteiger partial charge in [-0.25, -0.2) is 18.1 Å². The van der Waals surface area contributed by atoms with E-state index in [9.17, 15) is 8.42 Å². The molecule has 21 heavy (non-hydrogen) atoms. The number of hydrogen-bond donors (Lipinski definition) is 1. The molecule has 0 radical (unpaired) electrons. The molecule has 7 heteroatoms. The van der Waals surface area contributed by atoms with Crippen LogP contribution in [-0.2, 0) is 16.6 Å². The molecule has 0 saturated carbocycles. The Labute approximate surface area is 124 Å². The first-order chi connectivity index (χ1) is 9.83. The monoisotopic (exact) mass is 310 g/mol.